The Morgan fingerprint density at radius 1 is 1.26 bits per heavy atom. The van der Waals surface area contributed by atoms with E-state index in [1.165, 1.54) is 11.8 Å². The van der Waals surface area contributed by atoms with Gasteiger partial charge in [-0.1, -0.05) is 36.9 Å². The standard InChI is InChI=1S/C16H15N5OS/c1-2-23-16-19-15(22)13-10-6-3-4-7-11(10)18-14(21(13)20-16)12-8-5-9-17-12/h3-9,14,17H,2H2,1H3,(H,19,20,22)/t14-/m1/s1. The van der Waals surface area contributed by atoms with Crippen molar-refractivity contribution in [1.29, 1.82) is 0 Å². The number of H-pyrrole nitrogens is 1. The Hall–Kier alpha value is -2.54. The van der Waals surface area contributed by atoms with Crippen molar-refractivity contribution in [2.75, 3.05) is 5.75 Å². The highest BCUT2D eigenvalue weighted by molar-refractivity contribution is 8.13. The van der Waals surface area contributed by atoms with Crippen LogP contribution in [0.2, 0.25) is 0 Å². The van der Waals surface area contributed by atoms with Crippen molar-refractivity contribution in [2.24, 2.45) is 10.1 Å². The van der Waals surface area contributed by atoms with Gasteiger partial charge in [0.2, 0.25) is 0 Å². The molecule has 7 heteroatoms. The summed E-state index contributed by atoms with van der Waals surface area (Å²) in [6.45, 7) is 2.02. The molecule has 23 heavy (non-hydrogen) atoms. The summed E-state index contributed by atoms with van der Waals surface area (Å²) in [5, 5.41) is 11.4. The number of thioether (sulfide) groups is 1. The van der Waals surface area contributed by atoms with Gasteiger partial charge in [-0.2, -0.15) is 0 Å². The number of nitrogens with zero attached hydrogens (tertiary/aromatic N) is 3. The number of amidine groups is 1. The second-order valence-corrected chi connectivity index (χ2v) is 6.38. The van der Waals surface area contributed by atoms with Crippen molar-refractivity contribution in [2.45, 2.75) is 13.1 Å². The minimum atomic E-state index is -0.367. The first-order chi connectivity index (χ1) is 11.3. The fourth-order valence-corrected chi connectivity index (χ4v) is 3.32. The van der Waals surface area contributed by atoms with Crippen LogP contribution in [0, 0.1) is 0 Å². The van der Waals surface area contributed by atoms with Gasteiger partial charge in [0, 0.05) is 11.4 Å². The average Bonchev–Trinajstić information content (AvgIpc) is 3.08. The van der Waals surface area contributed by atoms with Crippen LogP contribution >= 0.6 is 11.8 Å². The van der Waals surface area contributed by atoms with Gasteiger partial charge in [0.25, 0.3) is 5.91 Å². The minimum absolute atomic E-state index is 0.144. The molecule has 0 bridgehead atoms. The summed E-state index contributed by atoms with van der Waals surface area (Å²) in [5.41, 5.74) is 1.44. The molecule has 3 heterocycles. The minimum Gasteiger partial charge on any atom is -0.362 e. The third-order valence-corrected chi connectivity index (χ3v) is 4.44. The lowest BCUT2D eigenvalue weighted by molar-refractivity contribution is -0.116. The van der Waals surface area contributed by atoms with E-state index in [1.807, 2.05) is 49.5 Å². The molecule has 1 atom stereocenters. The highest BCUT2D eigenvalue weighted by atomic mass is 32.2. The Morgan fingerprint density at radius 2 is 2.13 bits per heavy atom. The third-order valence-electron chi connectivity index (χ3n) is 3.70. The predicted molar refractivity (Wildman–Crippen MR) is 89.7 cm³/mol. The number of benzene rings is 1. The maximum atomic E-state index is 12.7. The molecular formula is C16H15N5OS. The zero-order valence-electron chi connectivity index (χ0n) is 12.5. The monoisotopic (exact) mass is 325 g/mol. The van der Waals surface area contributed by atoms with E-state index >= 15 is 0 Å². The SMILES string of the molecule is CCSC1=NN2C(=c3ccccc3=N[C@H]2c2ccc[nH]2)C(=O)N1. The number of rotatable bonds is 2. The smallest absolute Gasteiger partial charge is 0.276 e. The number of carbonyl (C=O) groups is 1. The fraction of sp³-hybridized carbons (Fsp3) is 0.188. The van der Waals surface area contributed by atoms with E-state index in [9.17, 15) is 4.79 Å². The van der Waals surface area contributed by atoms with E-state index in [4.69, 9.17) is 4.99 Å². The van der Waals surface area contributed by atoms with Gasteiger partial charge in [0.05, 0.1) is 11.1 Å². The van der Waals surface area contributed by atoms with E-state index in [-0.39, 0.29) is 12.1 Å². The topological polar surface area (TPSA) is 72.8 Å². The number of amides is 1. The molecule has 6 nitrogen and oxygen atoms in total. The van der Waals surface area contributed by atoms with Gasteiger partial charge in [-0.25, -0.2) is 5.01 Å². The van der Waals surface area contributed by atoms with Gasteiger partial charge in [0.1, 0.15) is 5.70 Å². The normalized spacial score (nSPS) is 19.4. The molecule has 0 unspecified atom stereocenters. The zero-order valence-corrected chi connectivity index (χ0v) is 13.3. The molecule has 2 N–H and O–H groups in total. The second-order valence-electron chi connectivity index (χ2n) is 5.13. The quantitative estimate of drug-likeness (QED) is 0.862. The van der Waals surface area contributed by atoms with Crippen molar-refractivity contribution in [1.82, 2.24) is 15.3 Å². The van der Waals surface area contributed by atoms with Crippen LogP contribution in [0.4, 0.5) is 0 Å². The van der Waals surface area contributed by atoms with Crippen LogP contribution < -0.4 is 15.9 Å². The Balaban J connectivity index is 1.96. The molecule has 0 radical (unpaired) electrons. The maximum absolute atomic E-state index is 12.7. The third kappa shape index (κ3) is 2.33. The van der Waals surface area contributed by atoms with Gasteiger partial charge in [-0.05, 0) is 24.0 Å². The number of fused-ring (bicyclic) bond motifs is 2. The molecule has 0 aliphatic carbocycles. The Morgan fingerprint density at radius 3 is 2.91 bits per heavy atom. The molecule has 1 amide bonds. The Bertz CT molecular complexity index is 903. The van der Waals surface area contributed by atoms with Crippen LogP contribution in [0.3, 0.4) is 0 Å². The summed E-state index contributed by atoms with van der Waals surface area (Å²) >= 11 is 1.50. The van der Waals surface area contributed by atoms with Crippen LogP contribution in [0.1, 0.15) is 18.8 Å². The van der Waals surface area contributed by atoms with E-state index in [2.05, 4.69) is 15.4 Å². The molecule has 0 saturated heterocycles. The van der Waals surface area contributed by atoms with Gasteiger partial charge < -0.3 is 4.98 Å². The van der Waals surface area contributed by atoms with Crippen LogP contribution in [-0.2, 0) is 4.79 Å². The lowest BCUT2D eigenvalue weighted by Gasteiger charge is -2.33. The van der Waals surface area contributed by atoms with Gasteiger partial charge in [-0.15, -0.1) is 5.10 Å². The van der Waals surface area contributed by atoms with E-state index < -0.39 is 0 Å². The summed E-state index contributed by atoms with van der Waals surface area (Å²) in [4.78, 5) is 20.6. The molecule has 2 aliphatic heterocycles. The van der Waals surface area contributed by atoms with Crippen molar-refractivity contribution in [3.63, 3.8) is 0 Å². The number of hydrazone groups is 1. The number of para-hydroxylation sites is 1. The molecule has 1 aromatic heterocycles. The molecule has 0 spiro atoms. The first-order valence-corrected chi connectivity index (χ1v) is 8.39. The maximum Gasteiger partial charge on any atom is 0.276 e. The van der Waals surface area contributed by atoms with Crippen LogP contribution in [0.5, 0.6) is 0 Å². The number of carbonyl (C=O) groups excluding carboxylic acids is 1. The largest absolute Gasteiger partial charge is 0.362 e. The first-order valence-electron chi connectivity index (χ1n) is 7.40. The highest BCUT2D eigenvalue weighted by Crippen LogP contribution is 2.29. The average molecular weight is 325 g/mol. The molecular weight excluding hydrogens is 310 g/mol. The number of hydrogen-bond donors (Lipinski definition) is 2. The summed E-state index contributed by atoms with van der Waals surface area (Å²) in [6, 6.07) is 11.5. The van der Waals surface area contributed by atoms with E-state index in [1.54, 1.807) is 5.01 Å². The van der Waals surface area contributed by atoms with Gasteiger partial charge in [-0.3, -0.25) is 15.1 Å². The van der Waals surface area contributed by atoms with Crippen LogP contribution in [0.15, 0.2) is 52.7 Å². The summed E-state index contributed by atoms with van der Waals surface area (Å²) in [5.74, 6) is 0.693. The van der Waals surface area contributed by atoms with Crippen molar-refractivity contribution in [3.05, 3.63) is 58.9 Å². The highest BCUT2D eigenvalue weighted by Gasteiger charge is 2.34. The van der Waals surface area contributed by atoms with Crippen molar-refractivity contribution in [3.8, 4) is 0 Å². The predicted octanol–water partition coefficient (Wildman–Crippen LogP) is 0.911. The van der Waals surface area contributed by atoms with Crippen LogP contribution in [0.25, 0.3) is 5.70 Å². The summed E-state index contributed by atoms with van der Waals surface area (Å²) in [7, 11) is 0. The van der Waals surface area contributed by atoms with Crippen molar-refractivity contribution >= 4 is 28.5 Å². The first kappa shape index (κ1) is 14.1. The Labute approximate surface area is 137 Å². The molecule has 0 fully saturated rings. The molecule has 2 aromatic rings. The number of aromatic nitrogens is 1. The second kappa shape index (κ2) is 5.58. The van der Waals surface area contributed by atoms with E-state index in [0.717, 1.165) is 22.0 Å². The molecule has 1 aromatic carbocycles. The fourth-order valence-electron chi connectivity index (χ4n) is 2.74. The molecule has 2 aliphatic rings. The summed E-state index contributed by atoms with van der Waals surface area (Å²) < 4.78 is 0. The molecule has 4 rings (SSSR count). The number of hydrogen-bond acceptors (Lipinski definition) is 5. The lowest BCUT2D eigenvalue weighted by atomic mass is 10.1. The molecule has 0 saturated carbocycles. The van der Waals surface area contributed by atoms with Crippen LogP contribution in [-0.4, -0.2) is 26.8 Å². The van der Waals surface area contributed by atoms with Gasteiger partial charge in [0.15, 0.2) is 11.3 Å². The number of nitrogens with one attached hydrogen (secondary N) is 2. The Kier molecular flexibility index (Phi) is 3.42. The lowest BCUT2D eigenvalue weighted by Crippen LogP contribution is -2.50. The number of aromatic amines is 1. The van der Waals surface area contributed by atoms with Crippen molar-refractivity contribution < 1.29 is 4.79 Å². The van der Waals surface area contributed by atoms with Gasteiger partial charge >= 0.3 is 0 Å². The zero-order chi connectivity index (χ0) is 15.8. The molecule has 116 valence electrons. The summed E-state index contributed by atoms with van der Waals surface area (Å²) in [6.07, 6.45) is 1.48. The van der Waals surface area contributed by atoms with E-state index in [0.29, 0.717) is 10.9 Å².